The normalized spacial score (nSPS) is 13.0. The predicted molar refractivity (Wildman–Crippen MR) is 96.2 cm³/mol. The largest absolute Gasteiger partial charge is 0.321 e. The van der Waals surface area contributed by atoms with Gasteiger partial charge >= 0.3 is 0 Å². The summed E-state index contributed by atoms with van der Waals surface area (Å²) < 4.78 is 0. The molecule has 0 aliphatic carbocycles. The Kier molecular flexibility index (Phi) is 5.30. The van der Waals surface area contributed by atoms with Gasteiger partial charge in [0.15, 0.2) is 0 Å². The van der Waals surface area contributed by atoms with Crippen LogP contribution < -0.4 is 5.32 Å². The van der Waals surface area contributed by atoms with E-state index in [1.54, 1.807) is 23.5 Å². The van der Waals surface area contributed by atoms with Gasteiger partial charge in [-0.05, 0) is 41.3 Å². The van der Waals surface area contributed by atoms with Crippen molar-refractivity contribution in [1.82, 2.24) is 0 Å². The van der Waals surface area contributed by atoms with E-state index < -0.39 is 0 Å². The van der Waals surface area contributed by atoms with Gasteiger partial charge in [0.05, 0.1) is 16.3 Å². The molecule has 1 aromatic carbocycles. The number of hydrogen-bond donors (Lipinski definition) is 1. The monoisotopic (exact) mass is 335 g/mol. The molecule has 0 aliphatic rings. The third-order valence-electron chi connectivity index (χ3n) is 3.43. The molecule has 1 N–H and O–H groups in total. The minimum Gasteiger partial charge on any atom is -0.321 e. The van der Waals surface area contributed by atoms with Gasteiger partial charge in [0.1, 0.15) is 0 Å². The van der Waals surface area contributed by atoms with Crippen molar-refractivity contribution >= 4 is 34.5 Å². The fourth-order valence-electron chi connectivity index (χ4n) is 2.65. The molecular formula is C18H22ClNOS. The Hall–Kier alpha value is -1.32. The molecule has 0 radical (unpaired) electrons. The molecule has 2 aromatic rings. The molecule has 1 atom stereocenters. The van der Waals surface area contributed by atoms with Crippen LogP contribution in [0.1, 0.15) is 55.3 Å². The van der Waals surface area contributed by atoms with Crippen molar-refractivity contribution < 1.29 is 4.79 Å². The van der Waals surface area contributed by atoms with Crippen LogP contribution in [0.3, 0.4) is 0 Å². The van der Waals surface area contributed by atoms with E-state index in [9.17, 15) is 4.79 Å². The first-order valence-corrected chi connectivity index (χ1v) is 8.67. The van der Waals surface area contributed by atoms with Crippen LogP contribution in [0.4, 0.5) is 5.69 Å². The summed E-state index contributed by atoms with van der Waals surface area (Å²) in [5, 5.41) is 5.50. The van der Waals surface area contributed by atoms with Crippen molar-refractivity contribution in [1.29, 1.82) is 0 Å². The summed E-state index contributed by atoms with van der Waals surface area (Å²) in [6.07, 6.45) is 1.07. The van der Waals surface area contributed by atoms with E-state index in [0.717, 1.165) is 12.1 Å². The smallest absolute Gasteiger partial charge is 0.257 e. The molecule has 1 heterocycles. The summed E-state index contributed by atoms with van der Waals surface area (Å²) in [6.45, 7) is 8.92. The van der Waals surface area contributed by atoms with Gasteiger partial charge < -0.3 is 5.32 Å². The molecule has 0 bridgehead atoms. The summed E-state index contributed by atoms with van der Waals surface area (Å²) >= 11 is 7.78. The number of thiophene rings is 1. The number of benzene rings is 1. The van der Waals surface area contributed by atoms with Gasteiger partial charge in [0.2, 0.25) is 0 Å². The van der Waals surface area contributed by atoms with Gasteiger partial charge in [-0.25, -0.2) is 0 Å². The van der Waals surface area contributed by atoms with Crippen molar-refractivity contribution in [2.24, 2.45) is 5.41 Å². The lowest BCUT2D eigenvalue weighted by Crippen LogP contribution is -2.14. The molecule has 4 heteroatoms. The zero-order valence-corrected chi connectivity index (χ0v) is 15.0. The molecule has 0 saturated carbocycles. The molecule has 22 heavy (non-hydrogen) atoms. The van der Waals surface area contributed by atoms with E-state index in [4.69, 9.17) is 11.6 Å². The van der Waals surface area contributed by atoms with Crippen molar-refractivity contribution in [3.8, 4) is 0 Å². The molecule has 2 nitrogen and oxygen atoms in total. The Bertz CT molecular complexity index is 657. The number of anilines is 1. The third kappa shape index (κ3) is 4.34. The number of halogens is 1. The average Bonchev–Trinajstić information content (AvgIpc) is 2.85. The highest BCUT2D eigenvalue weighted by atomic mass is 35.5. The summed E-state index contributed by atoms with van der Waals surface area (Å²) in [5.74, 6) is 0.245. The molecule has 0 saturated heterocycles. The zero-order chi connectivity index (χ0) is 16.3. The van der Waals surface area contributed by atoms with Gasteiger partial charge in [-0.1, -0.05) is 51.4 Å². The van der Waals surface area contributed by atoms with Crippen LogP contribution in [-0.2, 0) is 0 Å². The minimum absolute atomic E-state index is 0.159. The molecule has 0 fully saturated rings. The second kappa shape index (κ2) is 6.84. The lowest BCUT2D eigenvalue weighted by molar-refractivity contribution is 0.102. The van der Waals surface area contributed by atoms with E-state index in [2.05, 4.69) is 33.0 Å². The molecule has 118 valence electrons. The highest BCUT2D eigenvalue weighted by molar-refractivity contribution is 7.10. The predicted octanol–water partition coefficient (Wildman–Crippen LogP) is 6.19. The lowest BCUT2D eigenvalue weighted by atomic mass is 9.84. The zero-order valence-electron chi connectivity index (χ0n) is 13.4. The number of hydrogen-bond acceptors (Lipinski definition) is 2. The maximum absolute atomic E-state index is 12.4. The molecule has 2 rings (SSSR count). The Morgan fingerprint density at radius 3 is 2.59 bits per heavy atom. The van der Waals surface area contributed by atoms with E-state index in [0.29, 0.717) is 16.5 Å². The van der Waals surface area contributed by atoms with Crippen LogP contribution in [-0.4, -0.2) is 5.91 Å². The van der Waals surface area contributed by atoms with Crippen LogP contribution in [0.5, 0.6) is 0 Å². The molecule has 1 aromatic heterocycles. The Morgan fingerprint density at radius 2 is 1.95 bits per heavy atom. The Balaban J connectivity index is 2.17. The van der Waals surface area contributed by atoms with Crippen LogP contribution in [0.2, 0.25) is 5.02 Å². The van der Waals surface area contributed by atoms with Crippen molar-refractivity contribution in [3.63, 3.8) is 0 Å². The summed E-state index contributed by atoms with van der Waals surface area (Å²) in [7, 11) is 0. The van der Waals surface area contributed by atoms with E-state index in [1.165, 1.54) is 4.88 Å². The fourth-order valence-corrected chi connectivity index (χ4v) is 3.79. The molecular weight excluding hydrogens is 314 g/mol. The van der Waals surface area contributed by atoms with Gasteiger partial charge in [-0.3, -0.25) is 4.79 Å². The first-order chi connectivity index (χ1) is 10.3. The van der Waals surface area contributed by atoms with E-state index >= 15 is 0 Å². The molecule has 0 aliphatic heterocycles. The van der Waals surface area contributed by atoms with E-state index in [-0.39, 0.29) is 11.3 Å². The number of rotatable bonds is 4. The van der Waals surface area contributed by atoms with Gasteiger partial charge in [-0.2, -0.15) is 0 Å². The van der Waals surface area contributed by atoms with Crippen molar-refractivity contribution in [3.05, 3.63) is 51.2 Å². The number of carbonyl (C=O) groups excluding carboxylic acids is 1. The molecule has 1 amide bonds. The maximum atomic E-state index is 12.4. The molecule has 0 spiro atoms. The van der Waals surface area contributed by atoms with Crippen LogP contribution in [0, 0.1) is 5.41 Å². The van der Waals surface area contributed by atoms with Crippen LogP contribution >= 0.6 is 22.9 Å². The van der Waals surface area contributed by atoms with E-state index in [1.807, 2.05) is 23.6 Å². The maximum Gasteiger partial charge on any atom is 0.257 e. The highest BCUT2D eigenvalue weighted by Crippen LogP contribution is 2.37. The Labute approximate surface area is 141 Å². The second-order valence-corrected chi connectivity index (χ2v) is 8.15. The minimum atomic E-state index is -0.159. The number of nitrogens with one attached hydrogen (secondary N) is 1. The first-order valence-electron chi connectivity index (χ1n) is 7.41. The van der Waals surface area contributed by atoms with Crippen LogP contribution in [0.25, 0.3) is 0 Å². The van der Waals surface area contributed by atoms with Crippen molar-refractivity contribution in [2.45, 2.75) is 40.0 Å². The quantitative estimate of drug-likeness (QED) is 0.708. The SMILES string of the molecule is CC(CC(C)(C)C)c1sccc1NC(=O)c1ccccc1Cl. The number of amides is 1. The summed E-state index contributed by atoms with van der Waals surface area (Å²) in [6, 6.07) is 9.07. The van der Waals surface area contributed by atoms with Crippen LogP contribution in [0.15, 0.2) is 35.7 Å². The third-order valence-corrected chi connectivity index (χ3v) is 4.91. The molecule has 1 unspecified atom stereocenters. The standard InChI is InChI=1S/C18H22ClNOS/c1-12(11-18(2,3)4)16-15(9-10-22-16)20-17(21)13-7-5-6-8-14(13)19/h5-10,12H,11H2,1-4H3,(H,20,21). The average molecular weight is 336 g/mol. The summed E-state index contributed by atoms with van der Waals surface area (Å²) in [4.78, 5) is 13.6. The first kappa shape index (κ1) is 17.0. The lowest BCUT2D eigenvalue weighted by Gasteiger charge is -2.23. The Morgan fingerprint density at radius 1 is 1.27 bits per heavy atom. The number of carbonyl (C=O) groups is 1. The van der Waals surface area contributed by atoms with Crippen molar-refractivity contribution in [2.75, 3.05) is 5.32 Å². The van der Waals surface area contributed by atoms with Gasteiger partial charge in [0.25, 0.3) is 5.91 Å². The second-order valence-electron chi connectivity index (χ2n) is 6.80. The fraction of sp³-hybridized carbons (Fsp3) is 0.389. The topological polar surface area (TPSA) is 29.1 Å². The van der Waals surface area contributed by atoms with Gasteiger partial charge in [0, 0.05) is 4.88 Å². The highest BCUT2D eigenvalue weighted by Gasteiger charge is 2.21. The summed E-state index contributed by atoms with van der Waals surface area (Å²) in [5.41, 5.74) is 1.66. The van der Waals surface area contributed by atoms with Gasteiger partial charge in [-0.15, -0.1) is 11.3 Å².